The smallest absolute Gasteiger partial charge is 0.0598 e. The van der Waals surface area contributed by atoms with Crippen LogP contribution in [0.5, 0.6) is 0 Å². The molecule has 0 saturated heterocycles. The lowest BCUT2D eigenvalue weighted by molar-refractivity contribution is -0.0204. The molecular formula is C14H28O. The largest absolute Gasteiger partial charge is 0.376 e. The molecule has 0 heterocycles. The zero-order chi connectivity index (χ0) is 11.9. The predicted octanol–water partition coefficient (Wildman–Crippen LogP) is 4.43. The highest BCUT2D eigenvalue weighted by molar-refractivity contribution is 4.84. The van der Waals surface area contributed by atoms with E-state index in [1.54, 1.807) is 0 Å². The summed E-state index contributed by atoms with van der Waals surface area (Å²) in [4.78, 5) is 0. The maximum absolute atomic E-state index is 5.75. The number of hydrogen-bond donors (Lipinski definition) is 0. The third-order valence-corrected chi connectivity index (χ3v) is 2.15. The summed E-state index contributed by atoms with van der Waals surface area (Å²) in [6, 6.07) is 0. The molecule has 0 saturated carbocycles. The fourth-order valence-corrected chi connectivity index (χ4v) is 1.22. The molecule has 1 atom stereocenters. The van der Waals surface area contributed by atoms with Crippen molar-refractivity contribution < 1.29 is 4.74 Å². The molecule has 0 rings (SSSR count). The molecule has 1 nitrogen and oxygen atoms in total. The van der Waals surface area contributed by atoms with Gasteiger partial charge >= 0.3 is 0 Å². The van der Waals surface area contributed by atoms with Crippen LogP contribution in [0.3, 0.4) is 0 Å². The van der Waals surface area contributed by atoms with E-state index in [-0.39, 0.29) is 5.60 Å². The van der Waals surface area contributed by atoms with Gasteiger partial charge in [-0.2, -0.15) is 0 Å². The van der Waals surface area contributed by atoms with Crippen molar-refractivity contribution in [3.8, 4) is 0 Å². The Morgan fingerprint density at radius 1 is 1.13 bits per heavy atom. The molecule has 0 radical (unpaired) electrons. The lowest BCUT2D eigenvalue weighted by Crippen LogP contribution is -2.22. The highest BCUT2D eigenvalue weighted by Crippen LogP contribution is 2.13. The molecule has 0 amide bonds. The van der Waals surface area contributed by atoms with E-state index >= 15 is 0 Å². The minimum Gasteiger partial charge on any atom is -0.376 e. The molecule has 90 valence electrons. The van der Waals surface area contributed by atoms with Gasteiger partial charge in [0.1, 0.15) is 0 Å². The van der Waals surface area contributed by atoms with Crippen molar-refractivity contribution in [2.45, 2.75) is 60.0 Å². The van der Waals surface area contributed by atoms with Crippen LogP contribution in [0.2, 0.25) is 0 Å². The van der Waals surface area contributed by atoms with Gasteiger partial charge in [0.2, 0.25) is 0 Å². The third kappa shape index (κ3) is 11.6. The van der Waals surface area contributed by atoms with E-state index in [4.69, 9.17) is 4.74 Å². The highest BCUT2D eigenvalue weighted by Gasteiger charge is 2.11. The lowest BCUT2D eigenvalue weighted by Gasteiger charge is -2.22. The summed E-state index contributed by atoms with van der Waals surface area (Å²) in [5.74, 6) is 1.33. The van der Waals surface area contributed by atoms with Gasteiger partial charge in [0.25, 0.3) is 0 Å². The van der Waals surface area contributed by atoms with Crippen molar-refractivity contribution in [3.63, 3.8) is 0 Å². The quantitative estimate of drug-likeness (QED) is 0.592. The van der Waals surface area contributed by atoms with Crippen LogP contribution in [0, 0.1) is 11.8 Å². The molecule has 0 aliphatic heterocycles. The molecule has 0 aromatic carbocycles. The Hall–Kier alpha value is -0.300. The van der Waals surface area contributed by atoms with Crippen LogP contribution in [0.25, 0.3) is 0 Å². The topological polar surface area (TPSA) is 9.23 Å². The second kappa shape index (κ2) is 7.05. The van der Waals surface area contributed by atoms with E-state index in [2.05, 4.69) is 53.7 Å². The molecule has 0 unspecified atom stereocenters. The van der Waals surface area contributed by atoms with E-state index in [9.17, 15) is 0 Å². The first-order valence-corrected chi connectivity index (χ1v) is 6.12. The van der Waals surface area contributed by atoms with E-state index in [1.165, 1.54) is 12.8 Å². The maximum Gasteiger partial charge on any atom is 0.0598 e. The SMILES string of the molecule is CC(C)/C=C/CC[C@@H](C)COC(C)(C)C. The second-order valence-corrected chi connectivity index (χ2v) is 5.78. The van der Waals surface area contributed by atoms with Gasteiger partial charge in [-0.25, -0.2) is 0 Å². The normalized spacial score (nSPS) is 15.1. The van der Waals surface area contributed by atoms with Crippen molar-refractivity contribution in [2.24, 2.45) is 11.8 Å². The van der Waals surface area contributed by atoms with Crippen LogP contribution in [0.1, 0.15) is 54.4 Å². The minimum absolute atomic E-state index is 0.00202. The maximum atomic E-state index is 5.75. The van der Waals surface area contributed by atoms with Gasteiger partial charge in [-0.15, -0.1) is 0 Å². The fourth-order valence-electron chi connectivity index (χ4n) is 1.22. The van der Waals surface area contributed by atoms with E-state index in [0.717, 1.165) is 6.61 Å². The minimum atomic E-state index is 0.00202. The summed E-state index contributed by atoms with van der Waals surface area (Å²) in [5, 5.41) is 0. The molecule has 0 spiro atoms. The van der Waals surface area contributed by atoms with E-state index < -0.39 is 0 Å². The Labute approximate surface area is 95.9 Å². The molecule has 0 N–H and O–H groups in total. The molecule has 0 bridgehead atoms. The standard InChI is InChI=1S/C14H28O/c1-12(2)9-7-8-10-13(3)11-15-14(4,5)6/h7,9,12-13H,8,10-11H2,1-6H3/b9-7+/t13-/m1/s1. The fraction of sp³-hybridized carbons (Fsp3) is 0.857. The summed E-state index contributed by atoms with van der Waals surface area (Å²) in [6.45, 7) is 13.9. The third-order valence-electron chi connectivity index (χ3n) is 2.15. The molecule has 0 fully saturated rings. The predicted molar refractivity (Wildman–Crippen MR) is 68.1 cm³/mol. The summed E-state index contributed by atoms with van der Waals surface area (Å²) in [5.41, 5.74) is 0.00202. The van der Waals surface area contributed by atoms with Crippen molar-refractivity contribution in [3.05, 3.63) is 12.2 Å². The first-order valence-electron chi connectivity index (χ1n) is 6.12. The van der Waals surface area contributed by atoms with Gasteiger partial charge in [-0.05, 0) is 45.4 Å². The monoisotopic (exact) mass is 212 g/mol. The molecule has 0 aliphatic carbocycles. The van der Waals surface area contributed by atoms with Crippen LogP contribution in [-0.2, 0) is 4.74 Å². The van der Waals surface area contributed by atoms with Crippen molar-refractivity contribution >= 4 is 0 Å². The summed E-state index contributed by atoms with van der Waals surface area (Å²) < 4.78 is 5.75. The number of hydrogen-bond acceptors (Lipinski definition) is 1. The summed E-state index contributed by atoms with van der Waals surface area (Å²) in [7, 11) is 0. The summed E-state index contributed by atoms with van der Waals surface area (Å²) >= 11 is 0. The van der Waals surface area contributed by atoms with E-state index in [1.807, 2.05) is 0 Å². The molecular weight excluding hydrogens is 184 g/mol. The van der Waals surface area contributed by atoms with Crippen LogP contribution in [0.15, 0.2) is 12.2 Å². The molecule has 0 aromatic heterocycles. The average Bonchev–Trinajstić information content (AvgIpc) is 2.07. The lowest BCUT2D eigenvalue weighted by atomic mass is 10.0. The Morgan fingerprint density at radius 3 is 2.20 bits per heavy atom. The molecule has 0 aromatic rings. The summed E-state index contributed by atoms with van der Waals surface area (Å²) in [6.07, 6.45) is 6.96. The number of ether oxygens (including phenoxy) is 1. The first kappa shape index (κ1) is 14.7. The van der Waals surface area contributed by atoms with Gasteiger partial charge < -0.3 is 4.74 Å². The Bertz CT molecular complexity index is 174. The van der Waals surface area contributed by atoms with E-state index in [0.29, 0.717) is 11.8 Å². The van der Waals surface area contributed by atoms with Gasteiger partial charge in [0, 0.05) is 6.61 Å². The van der Waals surface area contributed by atoms with Crippen LogP contribution in [0.4, 0.5) is 0 Å². The van der Waals surface area contributed by atoms with Crippen LogP contribution in [-0.4, -0.2) is 12.2 Å². The van der Waals surface area contributed by atoms with Crippen LogP contribution >= 0.6 is 0 Å². The first-order chi connectivity index (χ1) is 6.81. The zero-order valence-corrected chi connectivity index (χ0v) is 11.3. The van der Waals surface area contributed by atoms with Gasteiger partial charge in [0.05, 0.1) is 5.60 Å². The van der Waals surface area contributed by atoms with Gasteiger partial charge in [0.15, 0.2) is 0 Å². The molecule has 1 heteroatoms. The number of allylic oxidation sites excluding steroid dienone is 2. The highest BCUT2D eigenvalue weighted by atomic mass is 16.5. The Kier molecular flexibility index (Phi) is 6.91. The van der Waals surface area contributed by atoms with Crippen molar-refractivity contribution in [1.29, 1.82) is 0 Å². The van der Waals surface area contributed by atoms with Crippen LogP contribution < -0.4 is 0 Å². The Balaban J connectivity index is 3.54. The van der Waals surface area contributed by atoms with Gasteiger partial charge in [-0.3, -0.25) is 0 Å². The van der Waals surface area contributed by atoms with Gasteiger partial charge in [-0.1, -0.05) is 32.9 Å². The van der Waals surface area contributed by atoms with Crippen molar-refractivity contribution in [2.75, 3.05) is 6.61 Å². The van der Waals surface area contributed by atoms with Crippen molar-refractivity contribution in [1.82, 2.24) is 0 Å². The molecule has 0 aliphatic rings. The Morgan fingerprint density at radius 2 is 1.73 bits per heavy atom. The zero-order valence-electron chi connectivity index (χ0n) is 11.3. The molecule has 15 heavy (non-hydrogen) atoms. The average molecular weight is 212 g/mol. The number of rotatable bonds is 6. The second-order valence-electron chi connectivity index (χ2n) is 5.78.